The standard InChI is InChI=1S/C18H21ClN4O3/c1-11(2)6-7-18(3)16(25)23(17(26)22-18)10-15(24)21-14-8-13(19)5-4-12(14)9-20/h4-5,8,11H,6-7,10H2,1-3H3,(H,21,24)(H,22,26). The summed E-state index contributed by atoms with van der Waals surface area (Å²) in [6.07, 6.45) is 1.27. The molecule has 0 radical (unpaired) electrons. The number of nitrogens with one attached hydrogen (secondary N) is 2. The lowest BCUT2D eigenvalue weighted by molar-refractivity contribution is -0.133. The zero-order valence-electron chi connectivity index (χ0n) is 14.9. The zero-order chi connectivity index (χ0) is 19.5. The van der Waals surface area contributed by atoms with Gasteiger partial charge < -0.3 is 10.6 Å². The summed E-state index contributed by atoms with van der Waals surface area (Å²) >= 11 is 5.88. The summed E-state index contributed by atoms with van der Waals surface area (Å²) in [5, 5.41) is 14.6. The number of carbonyl (C=O) groups excluding carboxylic acids is 3. The molecule has 2 N–H and O–H groups in total. The van der Waals surface area contributed by atoms with Gasteiger partial charge in [0.25, 0.3) is 5.91 Å². The van der Waals surface area contributed by atoms with Crippen molar-refractivity contribution in [3.8, 4) is 6.07 Å². The lowest BCUT2D eigenvalue weighted by Crippen LogP contribution is -2.44. The Kier molecular flexibility index (Phi) is 5.88. The number of benzene rings is 1. The van der Waals surface area contributed by atoms with E-state index in [2.05, 4.69) is 10.6 Å². The van der Waals surface area contributed by atoms with Gasteiger partial charge in [-0.05, 0) is 43.9 Å². The van der Waals surface area contributed by atoms with E-state index >= 15 is 0 Å². The summed E-state index contributed by atoms with van der Waals surface area (Å²) in [5.41, 5.74) is -0.531. The molecule has 1 unspecified atom stereocenters. The Morgan fingerprint density at radius 1 is 1.42 bits per heavy atom. The highest BCUT2D eigenvalue weighted by Gasteiger charge is 2.47. The first kappa shape index (κ1) is 19.7. The third kappa shape index (κ3) is 4.33. The second kappa shape index (κ2) is 7.75. The maximum atomic E-state index is 12.6. The minimum Gasteiger partial charge on any atom is -0.323 e. The van der Waals surface area contributed by atoms with Crippen LogP contribution >= 0.6 is 11.6 Å². The molecule has 1 aromatic rings. The number of halogens is 1. The molecule has 0 spiro atoms. The van der Waals surface area contributed by atoms with Crippen LogP contribution < -0.4 is 10.6 Å². The van der Waals surface area contributed by atoms with Gasteiger partial charge in [-0.2, -0.15) is 5.26 Å². The first-order valence-corrected chi connectivity index (χ1v) is 8.67. The van der Waals surface area contributed by atoms with Crippen molar-refractivity contribution in [1.82, 2.24) is 10.2 Å². The highest BCUT2D eigenvalue weighted by atomic mass is 35.5. The van der Waals surface area contributed by atoms with Crippen molar-refractivity contribution in [3.05, 3.63) is 28.8 Å². The highest BCUT2D eigenvalue weighted by molar-refractivity contribution is 6.31. The van der Waals surface area contributed by atoms with Gasteiger partial charge in [-0.15, -0.1) is 0 Å². The fourth-order valence-electron chi connectivity index (χ4n) is 2.69. The molecule has 1 aliphatic heterocycles. The third-order valence-electron chi connectivity index (χ3n) is 4.24. The molecule has 7 nitrogen and oxygen atoms in total. The van der Waals surface area contributed by atoms with Crippen LogP contribution in [0.25, 0.3) is 0 Å². The smallest absolute Gasteiger partial charge is 0.323 e. The Bertz CT molecular complexity index is 787. The fraction of sp³-hybridized carbons (Fsp3) is 0.444. The van der Waals surface area contributed by atoms with Gasteiger partial charge in [-0.1, -0.05) is 25.4 Å². The molecule has 1 heterocycles. The van der Waals surface area contributed by atoms with Gasteiger partial charge in [0.15, 0.2) is 0 Å². The van der Waals surface area contributed by atoms with Gasteiger partial charge in [0.2, 0.25) is 5.91 Å². The van der Waals surface area contributed by atoms with E-state index < -0.39 is 29.9 Å². The van der Waals surface area contributed by atoms with E-state index in [1.807, 2.05) is 19.9 Å². The van der Waals surface area contributed by atoms with E-state index in [1.165, 1.54) is 18.2 Å². The third-order valence-corrected chi connectivity index (χ3v) is 4.48. The number of nitrogens with zero attached hydrogens (tertiary/aromatic N) is 2. The largest absolute Gasteiger partial charge is 0.325 e. The number of hydrogen-bond donors (Lipinski definition) is 2. The summed E-state index contributed by atoms with van der Waals surface area (Å²) in [6.45, 7) is 5.30. The van der Waals surface area contributed by atoms with Gasteiger partial charge in [0.1, 0.15) is 18.2 Å². The Labute approximate surface area is 157 Å². The first-order valence-electron chi connectivity index (χ1n) is 8.30. The van der Waals surface area contributed by atoms with Gasteiger partial charge in [-0.25, -0.2) is 4.79 Å². The number of hydrogen-bond acceptors (Lipinski definition) is 4. The van der Waals surface area contributed by atoms with Crippen LogP contribution in [0.5, 0.6) is 0 Å². The average Bonchev–Trinajstić information content (AvgIpc) is 2.77. The van der Waals surface area contributed by atoms with E-state index in [-0.39, 0.29) is 11.3 Å². The van der Waals surface area contributed by atoms with Crippen LogP contribution in [0.15, 0.2) is 18.2 Å². The van der Waals surface area contributed by atoms with Crippen molar-refractivity contribution in [2.24, 2.45) is 5.92 Å². The molecule has 1 saturated heterocycles. The Morgan fingerprint density at radius 2 is 2.12 bits per heavy atom. The number of carbonyl (C=O) groups is 3. The van der Waals surface area contributed by atoms with Crippen LogP contribution in [0.4, 0.5) is 10.5 Å². The molecule has 8 heteroatoms. The first-order chi connectivity index (χ1) is 12.2. The number of amides is 4. The van der Waals surface area contributed by atoms with Gasteiger partial charge in [0, 0.05) is 5.02 Å². The number of nitriles is 1. The SMILES string of the molecule is CC(C)CCC1(C)NC(=O)N(CC(=O)Nc2cc(Cl)ccc2C#N)C1=O. The van der Waals surface area contributed by atoms with E-state index in [1.54, 1.807) is 6.92 Å². The van der Waals surface area contributed by atoms with Crippen LogP contribution in [0, 0.1) is 17.2 Å². The maximum Gasteiger partial charge on any atom is 0.325 e. The Balaban J connectivity index is 2.08. The zero-order valence-corrected chi connectivity index (χ0v) is 15.7. The predicted molar refractivity (Wildman–Crippen MR) is 97.5 cm³/mol. The van der Waals surface area contributed by atoms with Crippen molar-refractivity contribution >= 4 is 35.1 Å². The number of urea groups is 1. The van der Waals surface area contributed by atoms with Crippen LogP contribution in [-0.2, 0) is 9.59 Å². The molecule has 26 heavy (non-hydrogen) atoms. The second-order valence-electron chi connectivity index (χ2n) is 6.94. The molecule has 0 bridgehead atoms. The molecule has 0 aromatic heterocycles. The minimum atomic E-state index is -1.00. The fourth-order valence-corrected chi connectivity index (χ4v) is 2.86. The van der Waals surface area contributed by atoms with Gasteiger partial charge >= 0.3 is 6.03 Å². The monoisotopic (exact) mass is 376 g/mol. The number of anilines is 1. The molecule has 2 rings (SSSR count). The van der Waals surface area contributed by atoms with Crippen LogP contribution in [0.1, 0.15) is 39.2 Å². The van der Waals surface area contributed by atoms with E-state index in [9.17, 15) is 14.4 Å². The Hall–Kier alpha value is -2.59. The number of rotatable bonds is 6. The predicted octanol–water partition coefficient (Wildman–Crippen LogP) is 2.90. The van der Waals surface area contributed by atoms with Crippen LogP contribution in [0.3, 0.4) is 0 Å². The van der Waals surface area contributed by atoms with Crippen molar-refractivity contribution in [1.29, 1.82) is 5.26 Å². The molecule has 1 fully saturated rings. The molecule has 4 amide bonds. The normalized spacial score (nSPS) is 19.5. The molecular formula is C18H21ClN4O3. The molecule has 1 atom stereocenters. The van der Waals surface area contributed by atoms with Gasteiger partial charge in [0.05, 0.1) is 11.3 Å². The van der Waals surface area contributed by atoms with E-state index in [0.717, 1.165) is 11.3 Å². The Morgan fingerprint density at radius 3 is 2.73 bits per heavy atom. The van der Waals surface area contributed by atoms with Crippen LogP contribution in [-0.4, -0.2) is 34.8 Å². The van der Waals surface area contributed by atoms with E-state index in [0.29, 0.717) is 17.4 Å². The molecular weight excluding hydrogens is 356 g/mol. The van der Waals surface area contributed by atoms with Crippen LogP contribution in [0.2, 0.25) is 5.02 Å². The number of imide groups is 1. The maximum absolute atomic E-state index is 12.6. The second-order valence-corrected chi connectivity index (χ2v) is 7.37. The van der Waals surface area contributed by atoms with Crippen molar-refractivity contribution in [2.45, 2.75) is 39.2 Å². The van der Waals surface area contributed by atoms with Crippen molar-refractivity contribution in [3.63, 3.8) is 0 Å². The molecule has 0 saturated carbocycles. The topological polar surface area (TPSA) is 102 Å². The molecule has 0 aliphatic carbocycles. The lowest BCUT2D eigenvalue weighted by Gasteiger charge is -2.22. The minimum absolute atomic E-state index is 0.236. The van der Waals surface area contributed by atoms with Crippen molar-refractivity contribution < 1.29 is 14.4 Å². The summed E-state index contributed by atoms with van der Waals surface area (Å²) in [6, 6.07) is 5.81. The van der Waals surface area contributed by atoms with E-state index in [4.69, 9.17) is 16.9 Å². The average molecular weight is 377 g/mol. The molecule has 138 valence electrons. The summed E-state index contributed by atoms with van der Waals surface area (Å²) < 4.78 is 0. The highest BCUT2D eigenvalue weighted by Crippen LogP contribution is 2.25. The summed E-state index contributed by atoms with van der Waals surface area (Å²) in [4.78, 5) is 37.9. The molecule has 1 aliphatic rings. The van der Waals surface area contributed by atoms with Gasteiger partial charge in [-0.3, -0.25) is 14.5 Å². The quantitative estimate of drug-likeness (QED) is 0.745. The molecule has 1 aromatic carbocycles. The van der Waals surface area contributed by atoms with Crippen molar-refractivity contribution in [2.75, 3.05) is 11.9 Å². The lowest BCUT2D eigenvalue weighted by atomic mass is 9.92. The summed E-state index contributed by atoms with van der Waals surface area (Å²) in [5.74, 6) is -0.619. The summed E-state index contributed by atoms with van der Waals surface area (Å²) in [7, 11) is 0.